The summed E-state index contributed by atoms with van der Waals surface area (Å²) in [5.74, 6) is -1.64. The van der Waals surface area contributed by atoms with E-state index in [2.05, 4.69) is 10.4 Å². The number of hydrogen-bond acceptors (Lipinski definition) is 6. The maximum Gasteiger partial charge on any atom is 0.326 e. The lowest BCUT2D eigenvalue weighted by Crippen LogP contribution is -2.44. The monoisotopic (exact) mass is 398 g/mol. The van der Waals surface area contributed by atoms with Crippen LogP contribution >= 0.6 is 0 Å². The van der Waals surface area contributed by atoms with Crippen LogP contribution in [0.25, 0.3) is 0 Å². The van der Waals surface area contributed by atoms with Crippen LogP contribution < -0.4 is 5.32 Å². The van der Waals surface area contributed by atoms with E-state index in [-0.39, 0.29) is 5.91 Å². The maximum absolute atomic E-state index is 12.5. The SMILES string of the molecule is O=C(CN1C(=O)NC2(CCCC2)C1=O)OCC(=O)N1CCC(c2ccccc2)=N1. The van der Waals surface area contributed by atoms with Gasteiger partial charge < -0.3 is 10.1 Å². The predicted octanol–water partition coefficient (Wildman–Crippen LogP) is 1.03. The number of urea groups is 1. The van der Waals surface area contributed by atoms with Gasteiger partial charge in [-0.05, 0) is 18.4 Å². The van der Waals surface area contributed by atoms with Gasteiger partial charge >= 0.3 is 12.0 Å². The Balaban J connectivity index is 1.29. The fourth-order valence-corrected chi connectivity index (χ4v) is 4.00. The zero-order valence-electron chi connectivity index (χ0n) is 15.9. The molecule has 9 nitrogen and oxygen atoms in total. The lowest BCUT2D eigenvalue weighted by molar-refractivity contribution is -0.153. The number of nitrogens with zero attached hydrogens (tertiary/aromatic N) is 3. The van der Waals surface area contributed by atoms with E-state index in [1.807, 2.05) is 30.3 Å². The minimum atomic E-state index is -0.870. The van der Waals surface area contributed by atoms with Crippen molar-refractivity contribution in [3.05, 3.63) is 35.9 Å². The third-order valence-electron chi connectivity index (χ3n) is 5.54. The lowest BCUT2D eigenvalue weighted by Gasteiger charge is -2.19. The second-order valence-corrected chi connectivity index (χ2v) is 7.45. The second-order valence-electron chi connectivity index (χ2n) is 7.45. The van der Waals surface area contributed by atoms with Gasteiger partial charge in [-0.25, -0.2) is 9.80 Å². The van der Waals surface area contributed by atoms with Crippen molar-refractivity contribution in [2.24, 2.45) is 5.10 Å². The number of carbonyl (C=O) groups excluding carboxylic acids is 4. The van der Waals surface area contributed by atoms with Gasteiger partial charge in [0.2, 0.25) is 0 Å². The van der Waals surface area contributed by atoms with Crippen molar-refractivity contribution in [1.29, 1.82) is 0 Å². The molecule has 4 amide bonds. The normalized spacial score (nSPS) is 20.2. The molecule has 1 aromatic rings. The summed E-state index contributed by atoms with van der Waals surface area (Å²) in [6.45, 7) is -0.576. The fourth-order valence-electron chi connectivity index (χ4n) is 4.00. The summed E-state index contributed by atoms with van der Waals surface area (Å²) in [5, 5.41) is 8.27. The van der Waals surface area contributed by atoms with Gasteiger partial charge in [0, 0.05) is 6.42 Å². The zero-order valence-corrected chi connectivity index (χ0v) is 15.9. The summed E-state index contributed by atoms with van der Waals surface area (Å²) in [5.41, 5.74) is 0.872. The molecule has 4 rings (SSSR count). The minimum absolute atomic E-state index is 0.389. The number of rotatable bonds is 5. The molecule has 152 valence electrons. The first kappa shape index (κ1) is 19.1. The number of hydrazone groups is 1. The Kier molecular flexibility index (Phi) is 5.04. The van der Waals surface area contributed by atoms with Crippen molar-refractivity contribution in [2.45, 2.75) is 37.6 Å². The van der Waals surface area contributed by atoms with Crippen LogP contribution in [-0.4, -0.2) is 64.7 Å². The molecule has 29 heavy (non-hydrogen) atoms. The van der Waals surface area contributed by atoms with Gasteiger partial charge in [-0.2, -0.15) is 5.10 Å². The number of hydrogen-bond donors (Lipinski definition) is 1. The summed E-state index contributed by atoms with van der Waals surface area (Å²) in [6.07, 6.45) is 3.51. The molecule has 1 saturated carbocycles. The van der Waals surface area contributed by atoms with E-state index in [9.17, 15) is 19.2 Å². The van der Waals surface area contributed by atoms with E-state index in [0.717, 1.165) is 29.0 Å². The molecule has 1 spiro atoms. The summed E-state index contributed by atoms with van der Waals surface area (Å²) < 4.78 is 4.99. The molecule has 2 heterocycles. The van der Waals surface area contributed by atoms with Crippen molar-refractivity contribution < 1.29 is 23.9 Å². The Morgan fingerprint density at radius 2 is 1.86 bits per heavy atom. The molecule has 0 radical (unpaired) electrons. The topological polar surface area (TPSA) is 108 Å². The molecule has 0 unspecified atom stereocenters. The lowest BCUT2D eigenvalue weighted by atomic mass is 9.98. The van der Waals surface area contributed by atoms with Crippen LogP contribution in [0.3, 0.4) is 0 Å². The molecule has 2 fully saturated rings. The van der Waals surface area contributed by atoms with Gasteiger partial charge in [-0.3, -0.25) is 19.3 Å². The second kappa shape index (κ2) is 7.65. The molecule has 1 aliphatic carbocycles. The number of ether oxygens (including phenoxy) is 1. The van der Waals surface area contributed by atoms with Crippen LogP contribution in [0, 0.1) is 0 Å². The van der Waals surface area contributed by atoms with E-state index in [4.69, 9.17) is 4.74 Å². The average molecular weight is 398 g/mol. The minimum Gasteiger partial charge on any atom is -0.454 e. The molecule has 0 bridgehead atoms. The third kappa shape index (κ3) is 3.72. The van der Waals surface area contributed by atoms with Crippen molar-refractivity contribution >= 4 is 29.5 Å². The zero-order chi connectivity index (χ0) is 20.4. The van der Waals surface area contributed by atoms with Crippen LogP contribution in [0.5, 0.6) is 0 Å². The Bertz CT molecular complexity index is 876. The Morgan fingerprint density at radius 3 is 2.59 bits per heavy atom. The van der Waals surface area contributed by atoms with Gasteiger partial charge in [0.25, 0.3) is 11.8 Å². The summed E-state index contributed by atoms with van der Waals surface area (Å²) >= 11 is 0. The highest BCUT2D eigenvalue weighted by molar-refractivity contribution is 6.09. The molecule has 1 saturated heterocycles. The summed E-state index contributed by atoms with van der Waals surface area (Å²) in [7, 11) is 0. The molecule has 1 N–H and O–H groups in total. The Labute approximate surface area is 167 Å². The highest BCUT2D eigenvalue weighted by Crippen LogP contribution is 2.34. The predicted molar refractivity (Wildman–Crippen MR) is 102 cm³/mol. The van der Waals surface area contributed by atoms with Crippen molar-refractivity contribution in [3.8, 4) is 0 Å². The molecular weight excluding hydrogens is 376 g/mol. The van der Waals surface area contributed by atoms with Gasteiger partial charge in [0.15, 0.2) is 6.61 Å². The molecule has 0 aromatic heterocycles. The van der Waals surface area contributed by atoms with E-state index in [1.54, 1.807) is 0 Å². The molecular formula is C20H22N4O5. The maximum atomic E-state index is 12.5. The third-order valence-corrected chi connectivity index (χ3v) is 5.54. The molecule has 3 aliphatic rings. The van der Waals surface area contributed by atoms with Gasteiger partial charge in [0.05, 0.1) is 12.3 Å². The highest BCUT2D eigenvalue weighted by Gasteiger charge is 2.52. The van der Waals surface area contributed by atoms with E-state index >= 15 is 0 Å². The van der Waals surface area contributed by atoms with E-state index < -0.39 is 36.6 Å². The first-order valence-corrected chi connectivity index (χ1v) is 9.71. The van der Waals surface area contributed by atoms with Crippen LogP contribution in [-0.2, 0) is 19.1 Å². The van der Waals surface area contributed by atoms with Gasteiger partial charge in [0.1, 0.15) is 12.1 Å². The summed E-state index contributed by atoms with van der Waals surface area (Å²) in [6, 6.07) is 8.95. The van der Waals surface area contributed by atoms with Crippen LogP contribution in [0.1, 0.15) is 37.7 Å². The molecule has 0 atom stereocenters. The number of benzene rings is 1. The van der Waals surface area contributed by atoms with Crippen LogP contribution in [0.15, 0.2) is 35.4 Å². The van der Waals surface area contributed by atoms with Crippen molar-refractivity contribution in [2.75, 3.05) is 19.7 Å². The molecule has 2 aliphatic heterocycles. The van der Waals surface area contributed by atoms with Crippen LogP contribution in [0.4, 0.5) is 4.79 Å². The van der Waals surface area contributed by atoms with E-state index in [1.165, 1.54) is 5.01 Å². The molecule has 9 heteroatoms. The number of amides is 4. The number of esters is 1. The Hall–Kier alpha value is -3.23. The number of nitrogens with one attached hydrogen (secondary N) is 1. The first-order chi connectivity index (χ1) is 14.0. The first-order valence-electron chi connectivity index (χ1n) is 9.71. The van der Waals surface area contributed by atoms with Crippen LogP contribution in [0.2, 0.25) is 0 Å². The smallest absolute Gasteiger partial charge is 0.326 e. The van der Waals surface area contributed by atoms with Crippen molar-refractivity contribution in [3.63, 3.8) is 0 Å². The quantitative estimate of drug-likeness (QED) is 0.589. The largest absolute Gasteiger partial charge is 0.454 e. The number of imide groups is 1. The van der Waals surface area contributed by atoms with E-state index in [0.29, 0.717) is 25.8 Å². The van der Waals surface area contributed by atoms with Gasteiger partial charge in [-0.1, -0.05) is 43.2 Å². The average Bonchev–Trinajstić information content (AvgIpc) is 3.45. The fraction of sp³-hybridized carbons (Fsp3) is 0.450. The van der Waals surface area contributed by atoms with Crippen molar-refractivity contribution in [1.82, 2.24) is 15.2 Å². The summed E-state index contributed by atoms with van der Waals surface area (Å²) in [4.78, 5) is 49.9. The number of carbonyl (C=O) groups is 4. The molecule has 1 aromatic carbocycles. The standard InChI is InChI=1S/C20H22N4O5/c25-16(24-11-8-15(22-24)14-6-2-1-3-7-14)13-29-17(26)12-23-18(27)20(21-19(23)28)9-4-5-10-20/h1-3,6-7H,4-5,8-13H2,(H,21,28). The highest BCUT2D eigenvalue weighted by atomic mass is 16.5. The van der Waals surface area contributed by atoms with Gasteiger partial charge in [-0.15, -0.1) is 0 Å². The Morgan fingerprint density at radius 1 is 1.14 bits per heavy atom.